The van der Waals surface area contributed by atoms with Gasteiger partial charge < -0.3 is 0 Å². The summed E-state index contributed by atoms with van der Waals surface area (Å²) in [6.45, 7) is 3.82. The summed E-state index contributed by atoms with van der Waals surface area (Å²) in [4.78, 5) is 11.7. The summed E-state index contributed by atoms with van der Waals surface area (Å²) in [7, 11) is 0. The second kappa shape index (κ2) is 3.64. The fourth-order valence-electron chi connectivity index (χ4n) is 1.34. The number of ketones is 1. The summed E-state index contributed by atoms with van der Waals surface area (Å²) < 4.78 is 2.92. The van der Waals surface area contributed by atoms with Crippen LogP contribution in [0.3, 0.4) is 0 Å². The molecule has 1 aromatic rings. The largest absolute Gasteiger partial charge is 0.292 e. The maximum Gasteiger partial charge on any atom is 0.186 e. The van der Waals surface area contributed by atoms with Gasteiger partial charge >= 0.3 is 0 Å². The number of carbonyl (C=O) groups excluding carboxylic acids is 1. The van der Waals surface area contributed by atoms with Crippen molar-refractivity contribution >= 4 is 28.4 Å². The molecule has 1 aromatic heterocycles. The van der Waals surface area contributed by atoms with Crippen molar-refractivity contribution in [1.82, 2.24) is 9.78 Å². The molecule has 0 bridgehead atoms. The number of hydrogen-bond acceptors (Lipinski definition) is 2. The topological polar surface area (TPSA) is 34.9 Å². The first kappa shape index (κ1) is 10.1. The predicted molar refractivity (Wildman–Crippen MR) is 62.4 cm³/mol. The minimum absolute atomic E-state index is 0.0334. The fraction of sp³-hybridized carbons (Fsp3) is 0.600. The zero-order chi connectivity index (χ0) is 10.3. The first-order valence-corrected chi connectivity index (χ1v) is 5.96. The lowest BCUT2D eigenvalue weighted by Gasteiger charge is -2.00. The normalized spacial score (nSPS) is 16.3. The van der Waals surface area contributed by atoms with E-state index < -0.39 is 0 Å². The number of hydrogen-bond donors (Lipinski definition) is 0. The monoisotopic (exact) mass is 304 g/mol. The molecule has 1 heterocycles. The van der Waals surface area contributed by atoms with Crippen molar-refractivity contribution in [1.29, 1.82) is 0 Å². The Balaban J connectivity index is 2.28. The summed E-state index contributed by atoms with van der Waals surface area (Å²) in [5.74, 6) is 0.180. The van der Waals surface area contributed by atoms with Crippen LogP contribution in [-0.2, 0) is 0 Å². The lowest BCUT2D eigenvalue weighted by atomic mass is 10.1. The van der Waals surface area contributed by atoms with Crippen molar-refractivity contribution < 1.29 is 4.79 Å². The van der Waals surface area contributed by atoms with Crippen molar-refractivity contribution in [2.45, 2.75) is 32.7 Å². The molecular formula is C10H13IN2O. The van der Waals surface area contributed by atoms with E-state index in [1.807, 2.05) is 24.7 Å². The Labute approximate surface area is 97.0 Å². The maximum absolute atomic E-state index is 11.7. The van der Waals surface area contributed by atoms with Gasteiger partial charge in [-0.2, -0.15) is 5.10 Å². The quantitative estimate of drug-likeness (QED) is 0.635. The highest BCUT2D eigenvalue weighted by Gasteiger charge is 2.27. The SMILES string of the molecule is CC(C)C(=O)c1nn(C2CC2)cc1I. The van der Waals surface area contributed by atoms with Crippen LogP contribution in [0.5, 0.6) is 0 Å². The second-order valence-electron chi connectivity index (χ2n) is 4.06. The van der Waals surface area contributed by atoms with E-state index in [9.17, 15) is 4.79 Å². The van der Waals surface area contributed by atoms with E-state index in [4.69, 9.17) is 0 Å². The number of rotatable bonds is 3. The first-order chi connectivity index (χ1) is 6.59. The molecule has 1 saturated carbocycles. The van der Waals surface area contributed by atoms with Gasteiger partial charge in [-0.1, -0.05) is 13.8 Å². The molecule has 0 amide bonds. The molecule has 3 nitrogen and oxygen atoms in total. The van der Waals surface area contributed by atoms with Crippen LogP contribution < -0.4 is 0 Å². The number of aromatic nitrogens is 2. The molecule has 0 radical (unpaired) electrons. The highest BCUT2D eigenvalue weighted by Crippen LogP contribution is 2.35. The van der Waals surface area contributed by atoms with Crippen molar-refractivity contribution in [3.63, 3.8) is 0 Å². The van der Waals surface area contributed by atoms with E-state index in [1.54, 1.807) is 0 Å². The molecule has 4 heteroatoms. The van der Waals surface area contributed by atoms with E-state index in [-0.39, 0.29) is 11.7 Å². The average Bonchev–Trinajstić information content (AvgIpc) is 2.89. The Kier molecular flexibility index (Phi) is 2.64. The van der Waals surface area contributed by atoms with Crippen LogP contribution in [0.2, 0.25) is 0 Å². The molecule has 0 atom stereocenters. The highest BCUT2D eigenvalue weighted by atomic mass is 127. The predicted octanol–water partition coefficient (Wildman–Crippen LogP) is 2.66. The van der Waals surface area contributed by atoms with E-state index in [1.165, 1.54) is 12.8 Å². The van der Waals surface area contributed by atoms with Gasteiger partial charge in [-0.25, -0.2) is 0 Å². The number of nitrogens with zero attached hydrogens (tertiary/aromatic N) is 2. The third-order valence-corrected chi connectivity index (χ3v) is 3.16. The molecule has 1 aliphatic carbocycles. The van der Waals surface area contributed by atoms with Gasteiger partial charge in [-0.15, -0.1) is 0 Å². The average molecular weight is 304 g/mol. The molecule has 2 rings (SSSR count). The summed E-state index contributed by atoms with van der Waals surface area (Å²) in [5, 5.41) is 4.35. The Morgan fingerprint density at radius 1 is 1.64 bits per heavy atom. The van der Waals surface area contributed by atoms with E-state index in [0.29, 0.717) is 11.7 Å². The van der Waals surface area contributed by atoms with Gasteiger partial charge in [0.1, 0.15) is 5.69 Å². The van der Waals surface area contributed by atoms with Gasteiger partial charge in [-0.3, -0.25) is 9.48 Å². The summed E-state index contributed by atoms with van der Waals surface area (Å²) >= 11 is 2.19. The lowest BCUT2D eigenvalue weighted by Crippen LogP contribution is -2.10. The number of Topliss-reactive ketones (excluding diaryl/α,β-unsaturated/α-hetero) is 1. The van der Waals surface area contributed by atoms with Crippen LogP contribution in [0.1, 0.15) is 43.2 Å². The van der Waals surface area contributed by atoms with Crippen molar-refractivity contribution in [3.05, 3.63) is 15.5 Å². The molecule has 1 fully saturated rings. The van der Waals surface area contributed by atoms with Crippen LogP contribution in [0.25, 0.3) is 0 Å². The van der Waals surface area contributed by atoms with Gasteiger partial charge in [0.15, 0.2) is 5.78 Å². The molecule has 14 heavy (non-hydrogen) atoms. The summed E-state index contributed by atoms with van der Waals surface area (Å²) in [6.07, 6.45) is 4.38. The van der Waals surface area contributed by atoms with Crippen LogP contribution >= 0.6 is 22.6 Å². The molecular weight excluding hydrogens is 291 g/mol. The van der Waals surface area contributed by atoms with Crippen LogP contribution in [0, 0.1) is 9.49 Å². The summed E-state index contributed by atoms with van der Waals surface area (Å²) in [5.41, 5.74) is 0.646. The number of halogens is 1. The second-order valence-corrected chi connectivity index (χ2v) is 5.22. The molecule has 0 saturated heterocycles. The lowest BCUT2D eigenvalue weighted by molar-refractivity contribution is 0.0932. The molecule has 0 aliphatic heterocycles. The van der Waals surface area contributed by atoms with Gasteiger partial charge in [0, 0.05) is 12.1 Å². The number of carbonyl (C=O) groups is 1. The van der Waals surface area contributed by atoms with Crippen LogP contribution in [0.15, 0.2) is 6.20 Å². The van der Waals surface area contributed by atoms with Crippen LogP contribution in [0.4, 0.5) is 0 Å². The van der Waals surface area contributed by atoms with E-state index >= 15 is 0 Å². The first-order valence-electron chi connectivity index (χ1n) is 4.88. The van der Waals surface area contributed by atoms with Gasteiger partial charge in [-0.05, 0) is 35.4 Å². The van der Waals surface area contributed by atoms with Crippen molar-refractivity contribution in [2.24, 2.45) is 5.92 Å². The summed E-state index contributed by atoms with van der Waals surface area (Å²) in [6, 6.07) is 0.553. The Morgan fingerprint density at radius 2 is 2.29 bits per heavy atom. The zero-order valence-corrected chi connectivity index (χ0v) is 10.5. The van der Waals surface area contributed by atoms with E-state index in [2.05, 4.69) is 27.7 Å². The van der Waals surface area contributed by atoms with Crippen molar-refractivity contribution in [2.75, 3.05) is 0 Å². The van der Waals surface area contributed by atoms with Crippen LogP contribution in [-0.4, -0.2) is 15.6 Å². The Morgan fingerprint density at radius 3 is 2.79 bits per heavy atom. The van der Waals surface area contributed by atoms with Gasteiger partial charge in [0.05, 0.1) is 9.61 Å². The molecule has 0 N–H and O–H groups in total. The molecule has 0 spiro atoms. The van der Waals surface area contributed by atoms with E-state index in [0.717, 1.165) is 3.57 Å². The third kappa shape index (κ3) is 1.85. The Bertz CT molecular complexity index is 366. The zero-order valence-electron chi connectivity index (χ0n) is 8.33. The molecule has 76 valence electrons. The minimum atomic E-state index is 0.0334. The smallest absolute Gasteiger partial charge is 0.186 e. The maximum atomic E-state index is 11.7. The Hall–Kier alpha value is -0.390. The van der Waals surface area contributed by atoms with Gasteiger partial charge in [0.2, 0.25) is 0 Å². The third-order valence-electron chi connectivity index (χ3n) is 2.37. The minimum Gasteiger partial charge on any atom is -0.292 e. The molecule has 0 aromatic carbocycles. The standard InChI is InChI=1S/C10H13IN2O/c1-6(2)10(14)9-8(11)5-13(12-9)7-3-4-7/h5-7H,3-4H2,1-2H3. The fourth-order valence-corrected chi connectivity index (χ4v) is 1.99. The molecule has 0 unspecified atom stereocenters. The highest BCUT2D eigenvalue weighted by molar-refractivity contribution is 14.1. The van der Waals surface area contributed by atoms with Gasteiger partial charge in [0.25, 0.3) is 0 Å². The molecule has 1 aliphatic rings. The van der Waals surface area contributed by atoms with Crippen molar-refractivity contribution in [3.8, 4) is 0 Å².